The Balaban J connectivity index is 1.93. The lowest BCUT2D eigenvalue weighted by Gasteiger charge is -2.05. The summed E-state index contributed by atoms with van der Waals surface area (Å²) >= 11 is 0. The summed E-state index contributed by atoms with van der Waals surface area (Å²) in [4.78, 5) is 12.0. The van der Waals surface area contributed by atoms with Gasteiger partial charge in [-0.25, -0.2) is 9.48 Å². The highest BCUT2D eigenvalue weighted by atomic mass is 16.5. The zero-order valence-electron chi connectivity index (χ0n) is 12.3. The fourth-order valence-corrected chi connectivity index (χ4v) is 2.35. The van der Waals surface area contributed by atoms with Crippen LogP contribution in [0.25, 0.3) is 11.3 Å². The smallest absolute Gasteiger partial charge is 0.361 e. The first kappa shape index (κ1) is 13.8. The number of hydrogen-bond donors (Lipinski definition) is 0. The molecule has 0 spiro atoms. The molecule has 2 aromatic rings. The summed E-state index contributed by atoms with van der Waals surface area (Å²) < 4.78 is 8.56. The minimum atomic E-state index is -0.436. The first-order valence-electron chi connectivity index (χ1n) is 7.28. The molecule has 7 nitrogen and oxygen atoms in total. The lowest BCUT2D eigenvalue weighted by molar-refractivity contribution is 0.0520. The zero-order chi connectivity index (χ0) is 14.8. The van der Waals surface area contributed by atoms with Crippen LogP contribution in [0.2, 0.25) is 0 Å². The minimum absolute atomic E-state index is 0.264. The van der Waals surface area contributed by atoms with Crippen LogP contribution in [-0.4, -0.2) is 37.4 Å². The normalized spacial score (nSPS) is 14.4. The van der Waals surface area contributed by atoms with Crippen molar-refractivity contribution in [3.63, 3.8) is 0 Å². The van der Waals surface area contributed by atoms with E-state index < -0.39 is 5.97 Å². The number of carbonyl (C=O) groups excluding carboxylic acids is 1. The third-order valence-corrected chi connectivity index (χ3v) is 3.63. The Labute approximate surface area is 122 Å². The van der Waals surface area contributed by atoms with Crippen LogP contribution in [0.3, 0.4) is 0 Å². The maximum Gasteiger partial charge on any atom is 0.361 e. The fraction of sp³-hybridized carbons (Fsp3) is 0.571. The monoisotopic (exact) mass is 289 g/mol. The van der Waals surface area contributed by atoms with Gasteiger partial charge in [0.1, 0.15) is 5.69 Å². The molecule has 3 rings (SSSR count). The Morgan fingerprint density at radius 1 is 1.48 bits per heavy atom. The van der Waals surface area contributed by atoms with Crippen molar-refractivity contribution in [3.8, 4) is 11.3 Å². The third-order valence-electron chi connectivity index (χ3n) is 3.63. The van der Waals surface area contributed by atoms with E-state index in [4.69, 9.17) is 4.74 Å². The van der Waals surface area contributed by atoms with E-state index in [1.54, 1.807) is 22.5 Å². The highest BCUT2D eigenvalue weighted by Gasteiger charge is 2.25. The summed E-state index contributed by atoms with van der Waals surface area (Å²) in [5, 5.41) is 12.3. The van der Waals surface area contributed by atoms with Gasteiger partial charge in [-0.15, -0.1) is 5.10 Å². The molecule has 1 saturated carbocycles. The Morgan fingerprint density at radius 2 is 2.29 bits per heavy atom. The van der Waals surface area contributed by atoms with Gasteiger partial charge in [0.25, 0.3) is 0 Å². The van der Waals surface area contributed by atoms with Gasteiger partial charge < -0.3 is 4.74 Å². The molecule has 2 heterocycles. The second-order valence-corrected chi connectivity index (χ2v) is 5.36. The standard InChI is InChI=1S/C14H19N5O2/c1-3-21-14(20)12-13(11-8-15-18(2)9-11)19(17-16-12)7-6-10-4-5-10/h8-10H,3-7H2,1-2H3. The van der Waals surface area contributed by atoms with Crippen LogP contribution in [0.15, 0.2) is 12.4 Å². The average molecular weight is 289 g/mol. The second kappa shape index (κ2) is 5.67. The highest BCUT2D eigenvalue weighted by Crippen LogP contribution is 2.33. The quantitative estimate of drug-likeness (QED) is 0.756. The van der Waals surface area contributed by atoms with Gasteiger partial charge in [0, 0.05) is 25.4 Å². The molecule has 0 aliphatic heterocycles. The molecule has 0 amide bonds. The molecular formula is C14H19N5O2. The largest absolute Gasteiger partial charge is 0.461 e. The maximum absolute atomic E-state index is 12.0. The van der Waals surface area contributed by atoms with Gasteiger partial charge in [-0.2, -0.15) is 5.10 Å². The molecule has 0 bridgehead atoms. The number of aromatic nitrogens is 5. The summed E-state index contributed by atoms with van der Waals surface area (Å²) in [6, 6.07) is 0. The molecule has 0 saturated heterocycles. The SMILES string of the molecule is CCOC(=O)c1nnn(CCC2CC2)c1-c1cnn(C)c1. The van der Waals surface area contributed by atoms with E-state index in [1.165, 1.54) is 12.8 Å². The van der Waals surface area contributed by atoms with Crippen LogP contribution in [-0.2, 0) is 18.3 Å². The lowest BCUT2D eigenvalue weighted by Crippen LogP contribution is -2.08. The average Bonchev–Trinajstić information content (AvgIpc) is 3.04. The molecule has 21 heavy (non-hydrogen) atoms. The van der Waals surface area contributed by atoms with Gasteiger partial charge in [-0.1, -0.05) is 18.1 Å². The fourth-order valence-electron chi connectivity index (χ4n) is 2.35. The first-order chi connectivity index (χ1) is 10.2. The topological polar surface area (TPSA) is 74.8 Å². The second-order valence-electron chi connectivity index (χ2n) is 5.36. The zero-order valence-corrected chi connectivity index (χ0v) is 12.3. The maximum atomic E-state index is 12.0. The van der Waals surface area contributed by atoms with E-state index in [0.29, 0.717) is 12.3 Å². The van der Waals surface area contributed by atoms with Crippen molar-refractivity contribution < 1.29 is 9.53 Å². The molecule has 0 unspecified atom stereocenters. The Kier molecular flexibility index (Phi) is 3.72. The predicted molar refractivity (Wildman–Crippen MR) is 75.5 cm³/mol. The van der Waals surface area contributed by atoms with Crippen molar-refractivity contribution in [2.24, 2.45) is 13.0 Å². The molecule has 0 aromatic carbocycles. The summed E-state index contributed by atoms with van der Waals surface area (Å²) in [5.41, 5.74) is 1.80. The number of ether oxygens (including phenoxy) is 1. The minimum Gasteiger partial charge on any atom is -0.461 e. The van der Waals surface area contributed by atoms with Crippen LogP contribution >= 0.6 is 0 Å². The molecular weight excluding hydrogens is 270 g/mol. The van der Waals surface area contributed by atoms with Crippen molar-refractivity contribution in [2.75, 3.05) is 6.61 Å². The van der Waals surface area contributed by atoms with Crippen LogP contribution in [0.4, 0.5) is 0 Å². The molecule has 112 valence electrons. The van der Waals surface area contributed by atoms with Crippen molar-refractivity contribution in [1.82, 2.24) is 24.8 Å². The number of esters is 1. The highest BCUT2D eigenvalue weighted by molar-refractivity contribution is 5.93. The Bertz CT molecular complexity index is 642. The summed E-state index contributed by atoms with van der Waals surface area (Å²) in [5.74, 6) is 0.357. The van der Waals surface area contributed by atoms with E-state index in [1.807, 2.05) is 13.2 Å². The van der Waals surface area contributed by atoms with Crippen LogP contribution in [0.5, 0.6) is 0 Å². The molecule has 0 radical (unpaired) electrons. The third kappa shape index (κ3) is 2.96. The van der Waals surface area contributed by atoms with Gasteiger partial charge in [0.05, 0.1) is 12.8 Å². The first-order valence-corrected chi connectivity index (χ1v) is 7.28. The molecule has 1 aliphatic carbocycles. The van der Waals surface area contributed by atoms with Gasteiger partial charge in [0.15, 0.2) is 5.69 Å². The Morgan fingerprint density at radius 3 is 2.90 bits per heavy atom. The molecule has 7 heteroatoms. The van der Waals surface area contributed by atoms with E-state index >= 15 is 0 Å². The molecule has 1 aliphatic rings. The molecule has 0 atom stereocenters. The number of carbonyl (C=O) groups is 1. The van der Waals surface area contributed by atoms with Gasteiger partial charge in [0.2, 0.25) is 0 Å². The van der Waals surface area contributed by atoms with Crippen LogP contribution < -0.4 is 0 Å². The summed E-state index contributed by atoms with van der Waals surface area (Å²) in [6.45, 7) is 2.86. The van der Waals surface area contributed by atoms with Gasteiger partial charge >= 0.3 is 5.97 Å². The summed E-state index contributed by atoms with van der Waals surface area (Å²) in [6.07, 6.45) is 7.23. The lowest BCUT2D eigenvalue weighted by atomic mass is 10.2. The van der Waals surface area contributed by atoms with E-state index in [0.717, 1.165) is 24.4 Å². The summed E-state index contributed by atoms with van der Waals surface area (Å²) in [7, 11) is 1.84. The van der Waals surface area contributed by atoms with Gasteiger partial charge in [-0.05, 0) is 19.3 Å². The number of nitrogens with zero attached hydrogens (tertiary/aromatic N) is 5. The predicted octanol–water partition coefficient (Wildman–Crippen LogP) is 1.66. The number of rotatable bonds is 6. The van der Waals surface area contributed by atoms with Crippen molar-refractivity contribution in [1.29, 1.82) is 0 Å². The molecule has 0 N–H and O–H groups in total. The van der Waals surface area contributed by atoms with E-state index in [-0.39, 0.29) is 5.69 Å². The molecule has 2 aromatic heterocycles. The number of aryl methyl sites for hydroxylation is 2. The Hall–Kier alpha value is -2.18. The van der Waals surface area contributed by atoms with Crippen LogP contribution in [0, 0.1) is 5.92 Å². The van der Waals surface area contributed by atoms with E-state index in [9.17, 15) is 4.79 Å². The van der Waals surface area contributed by atoms with Crippen molar-refractivity contribution in [2.45, 2.75) is 32.7 Å². The van der Waals surface area contributed by atoms with Crippen LogP contribution in [0.1, 0.15) is 36.7 Å². The van der Waals surface area contributed by atoms with Crippen molar-refractivity contribution in [3.05, 3.63) is 18.1 Å². The molecule has 1 fully saturated rings. The number of hydrogen-bond acceptors (Lipinski definition) is 5. The van der Waals surface area contributed by atoms with E-state index in [2.05, 4.69) is 15.4 Å². The van der Waals surface area contributed by atoms with Crippen molar-refractivity contribution >= 4 is 5.97 Å². The van der Waals surface area contributed by atoms with Gasteiger partial charge in [-0.3, -0.25) is 4.68 Å².